The van der Waals surface area contributed by atoms with E-state index in [9.17, 15) is 4.79 Å². The highest BCUT2D eigenvalue weighted by molar-refractivity contribution is 5.91. The van der Waals surface area contributed by atoms with Crippen LogP contribution in [0.25, 0.3) is 11.5 Å². The van der Waals surface area contributed by atoms with Crippen LogP contribution in [0.5, 0.6) is 11.5 Å². The number of hydrogen-bond acceptors (Lipinski definition) is 4. The van der Waals surface area contributed by atoms with Gasteiger partial charge in [-0.25, -0.2) is 9.48 Å². The first-order valence-electron chi connectivity index (χ1n) is 13.3. The number of fused-ring (bicyclic) bond motifs is 3. The number of nitrogens with one attached hydrogen (secondary N) is 1. The maximum absolute atomic E-state index is 14.2. The summed E-state index contributed by atoms with van der Waals surface area (Å²) in [6.07, 6.45) is 2.04. The molecule has 0 spiro atoms. The molecule has 1 aliphatic heterocycles. The van der Waals surface area contributed by atoms with Crippen molar-refractivity contribution in [2.75, 3.05) is 19.0 Å². The predicted octanol–water partition coefficient (Wildman–Crippen LogP) is 6.52. The molecule has 3 heterocycles. The Morgan fingerprint density at radius 2 is 1.80 bits per heavy atom. The molecule has 6 rings (SSSR count). The van der Waals surface area contributed by atoms with Gasteiger partial charge in [-0.3, -0.25) is 0 Å². The van der Waals surface area contributed by atoms with Crippen LogP contribution in [0.4, 0.5) is 10.5 Å². The fraction of sp³-hybridized carbons (Fsp3) is 0.188. The standard InChI is InChI=1S/C32H31N5O3/c1-4-40-25-15-10-12-23(20-25)30-28-17-11-19-35(28)31-26(22(2)34-37(31)24-13-6-5-7-14-24)21-36(30)32(38)33-27-16-8-9-18-29(27)39-3/h5-20,30H,4,21H2,1-3H3,(H,33,38). The molecule has 0 aliphatic carbocycles. The predicted molar refractivity (Wildman–Crippen MR) is 155 cm³/mol. The summed E-state index contributed by atoms with van der Waals surface area (Å²) in [7, 11) is 1.60. The zero-order valence-corrected chi connectivity index (χ0v) is 22.7. The van der Waals surface area contributed by atoms with Gasteiger partial charge >= 0.3 is 6.03 Å². The molecule has 1 aliphatic rings. The van der Waals surface area contributed by atoms with Crippen LogP contribution in [0.3, 0.4) is 0 Å². The third-order valence-corrected chi connectivity index (χ3v) is 7.18. The van der Waals surface area contributed by atoms with Crippen molar-refractivity contribution in [3.8, 4) is 23.0 Å². The number of hydrogen-bond donors (Lipinski definition) is 1. The SMILES string of the molecule is CCOc1cccc(C2c3cccn3-c3c(c(C)nn3-c3ccccc3)CN2C(=O)Nc2ccccc2OC)c1. The molecule has 3 aromatic carbocycles. The van der Waals surface area contributed by atoms with Crippen molar-refractivity contribution in [2.45, 2.75) is 26.4 Å². The molecule has 8 nitrogen and oxygen atoms in total. The smallest absolute Gasteiger partial charge is 0.323 e. The summed E-state index contributed by atoms with van der Waals surface area (Å²) in [4.78, 5) is 16.1. The van der Waals surface area contributed by atoms with Gasteiger partial charge in [0.15, 0.2) is 0 Å². The first-order valence-corrected chi connectivity index (χ1v) is 13.3. The second-order valence-electron chi connectivity index (χ2n) is 9.60. The lowest BCUT2D eigenvalue weighted by atomic mass is 10.0. The van der Waals surface area contributed by atoms with Crippen LogP contribution >= 0.6 is 0 Å². The number of anilines is 1. The topological polar surface area (TPSA) is 73.5 Å². The molecule has 1 unspecified atom stereocenters. The van der Waals surface area contributed by atoms with E-state index in [2.05, 4.69) is 16.0 Å². The van der Waals surface area contributed by atoms with Crippen LogP contribution in [0, 0.1) is 6.92 Å². The number of methoxy groups -OCH3 is 1. The Morgan fingerprint density at radius 3 is 2.60 bits per heavy atom. The lowest BCUT2D eigenvalue weighted by Crippen LogP contribution is -2.38. The molecular formula is C32H31N5O3. The zero-order valence-electron chi connectivity index (χ0n) is 22.7. The summed E-state index contributed by atoms with van der Waals surface area (Å²) < 4.78 is 15.5. The molecular weight excluding hydrogens is 502 g/mol. The molecule has 1 N–H and O–H groups in total. The van der Waals surface area contributed by atoms with E-state index in [1.807, 2.05) is 115 Å². The molecule has 2 aromatic heterocycles. The number of rotatable bonds is 6. The number of benzene rings is 3. The minimum absolute atomic E-state index is 0.247. The first kappa shape index (κ1) is 25.3. The average Bonchev–Trinajstić information content (AvgIpc) is 3.54. The molecule has 0 saturated heterocycles. The summed E-state index contributed by atoms with van der Waals surface area (Å²) in [5, 5.41) is 8.03. The number of para-hydroxylation sites is 3. The van der Waals surface area contributed by atoms with Gasteiger partial charge < -0.3 is 24.3 Å². The van der Waals surface area contributed by atoms with Gasteiger partial charge in [0.05, 0.1) is 49.1 Å². The van der Waals surface area contributed by atoms with Gasteiger partial charge in [0.25, 0.3) is 0 Å². The van der Waals surface area contributed by atoms with E-state index in [1.54, 1.807) is 7.11 Å². The Kier molecular flexibility index (Phi) is 6.74. The Morgan fingerprint density at radius 1 is 1.00 bits per heavy atom. The lowest BCUT2D eigenvalue weighted by Gasteiger charge is -2.31. The van der Waals surface area contributed by atoms with Crippen molar-refractivity contribution in [2.24, 2.45) is 0 Å². The number of amides is 2. The van der Waals surface area contributed by atoms with Crippen molar-refractivity contribution >= 4 is 11.7 Å². The van der Waals surface area contributed by atoms with Crippen LogP contribution in [-0.4, -0.2) is 39.0 Å². The maximum atomic E-state index is 14.2. The molecule has 0 saturated carbocycles. The number of aryl methyl sites for hydroxylation is 1. The third-order valence-electron chi connectivity index (χ3n) is 7.18. The Balaban J connectivity index is 1.53. The van der Waals surface area contributed by atoms with E-state index < -0.39 is 6.04 Å². The van der Waals surface area contributed by atoms with E-state index in [4.69, 9.17) is 14.6 Å². The molecule has 0 radical (unpaired) electrons. The van der Waals surface area contributed by atoms with E-state index in [1.165, 1.54) is 0 Å². The van der Waals surface area contributed by atoms with E-state index in [0.29, 0.717) is 24.6 Å². The molecule has 1 atom stereocenters. The molecule has 0 bridgehead atoms. The molecule has 2 amide bonds. The highest BCUT2D eigenvalue weighted by Gasteiger charge is 2.36. The van der Waals surface area contributed by atoms with Gasteiger partial charge in [-0.1, -0.05) is 42.5 Å². The van der Waals surface area contributed by atoms with E-state index in [0.717, 1.165) is 39.8 Å². The minimum Gasteiger partial charge on any atom is -0.495 e. The quantitative estimate of drug-likeness (QED) is 0.270. The first-order chi connectivity index (χ1) is 19.6. The molecule has 0 fully saturated rings. The van der Waals surface area contributed by atoms with Gasteiger partial charge in [0.1, 0.15) is 17.3 Å². The van der Waals surface area contributed by atoms with Gasteiger partial charge in [-0.2, -0.15) is 5.10 Å². The number of nitrogens with zero attached hydrogens (tertiary/aromatic N) is 4. The van der Waals surface area contributed by atoms with Crippen LogP contribution in [-0.2, 0) is 6.54 Å². The summed E-state index contributed by atoms with van der Waals surface area (Å²) in [6.45, 7) is 4.86. The highest BCUT2D eigenvalue weighted by Crippen LogP contribution is 2.39. The van der Waals surface area contributed by atoms with Crippen molar-refractivity contribution < 1.29 is 14.3 Å². The fourth-order valence-corrected chi connectivity index (χ4v) is 5.38. The second-order valence-corrected chi connectivity index (χ2v) is 9.60. The Bertz CT molecular complexity index is 1660. The van der Waals surface area contributed by atoms with Gasteiger partial charge in [-0.15, -0.1) is 0 Å². The zero-order chi connectivity index (χ0) is 27.6. The van der Waals surface area contributed by atoms with Gasteiger partial charge in [0, 0.05) is 11.8 Å². The van der Waals surface area contributed by atoms with Crippen LogP contribution in [0.1, 0.15) is 35.5 Å². The largest absolute Gasteiger partial charge is 0.495 e. The van der Waals surface area contributed by atoms with Gasteiger partial charge in [-0.05, 0) is 67.9 Å². The Hall–Kier alpha value is -4.98. The van der Waals surface area contributed by atoms with Crippen molar-refractivity contribution in [1.29, 1.82) is 0 Å². The summed E-state index contributed by atoms with van der Waals surface area (Å²) >= 11 is 0. The van der Waals surface area contributed by atoms with E-state index >= 15 is 0 Å². The maximum Gasteiger partial charge on any atom is 0.323 e. The van der Waals surface area contributed by atoms with Crippen molar-refractivity contribution in [1.82, 2.24) is 19.2 Å². The average molecular weight is 534 g/mol. The van der Waals surface area contributed by atoms with Crippen molar-refractivity contribution in [3.05, 3.63) is 120 Å². The van der Waals surface area contributed by atoms with Crippen LogP contribution in [0.15, 0.2) is 97.2 Å². The normalized spacial score (nSPS) is 14.2. The number of aromatic nitrogens is 3. The van der Waals surface area contributed by atoms with Crippen LogP contribution < -0.4 is 14.8 Å². The number of carbonyl (C=O) groups excluding carboxylic acids is 1. The monoisotopic (exact) mass is 533 g/mol. The van der Waals surface area contributed by atoms with Gasteiger partial charge in [0.2, 0.25) is 0 Å². The number of carbonyl (C=O) groups is 1. The fourth-order valence-electron chi connectivity index (χ4n) is 5.38. The number of ether oxygens (including phenoxy) is 2. The molecule has 5 aromatic rings. The molecule has 40 heavy (non-hydrogen) atoms. The molecule has 8 heteroatoms. The lowest BCUT2D eigenvalue weighted by molar-refractivity contribution is 0.194. The highest BCUT2D eigenvalue weighted by atomic mass is 16.5. The Labute approximate surface area is 233 Å². The summed E-state index contributed by atoms with van der Waals surface area (Å²) in [6, 6.07) is 28.9. The summed E-state index contributed by atoms with van der Waals surface area (Å²) in [5.41, 5.74) is 5.28. The van der Waals surface area contributed by atoms with Crippen LogP contribution in [0.2, 0.25) is 0 Å². The number of urea groups is 1. The molecule has 202 valence electrons. The van der Waals surface area contributed by atoms with E-state index in [-0.39, 0.29) is 6.03 Å². The van der Waals surface area contributed by atoms with Crippen molar-refractivity contribution in [3.63, 3.8) is 0 Å². The summed E-state index contributed by atoms with van der Waals surface area (Å²) in [5.74, 6) is 2.27. The third kappa shape index (κ3) is 4.47. The second kappa shape index (κ2) is 10.6. The minimum atomic E-state index is -0.402.